The van der Waals surface area contributed by atoms with E-state index in [9.17, 15) is 14.4 Å². The molecule has 0 amide bonds. The summed E-state index contributed by atoms with van der Waals surface area (Å²) in [6.45, 7) is 6.62. The zero-order chi connectivity index (χ0) is 19.6. The second kappa shape index (κ2) is 10.8. The fourth-order valence-corrected chi connectivity index (χ4v) is 1.42. The number of esters is 1. The molecule has 0 atom stereocenters. The molecule has 0 aromatic carbocycles. The molecule has 0 bridgehead atoms. The molecule has 0 aliphatic rings. The number of ether oxygens (including phenoxy) is 1. The van der Waals surface area contributed by atoms with Crippen LogP contribution in [0, 0.1) is 0 Å². The summed E-state index contributed by atoms with van der Waals surface area (Å²) in [6.07, 6.45) is 0.113. The molecule has 0 saturated carbocycles. The van der Waals surface area contributed by atoms with E-state index in [0.29, 0.717) is 27.6 Å². The monoisotopic (exact) mass is 348 g/mol. The van der Waals surface area contributed by atoms with Gasteiger partial charge in [-0.05, 0) is 6.92 Å². The highest BCUT2D eigenvalue weighted by Gasteiger charge is 2.17. The van der Waals surface area contributed by atoms with E-state index < -0.39 is 17.9 Å². The van der Waals surface area contributed by atoms with Gasteiger partial charge in [-0.25, -0.2) is 9.59 Å². The number of aliphatic carboxylic acids is 2. The van der Waals surface area contributed by atoms with Gasteiger partial charge in [-0.15, -0.1) is 0 Å². The molecule has 0 saturated heterocycles. The van der Waals surface area contributed by atoms with E-state index in [1.165, 1.54) is 0 Å². The smallest absolute Gasteiger partial charge is 0.359 e. The lowest BCUT2D eigenvalue weighted by molar-refractivity contribution is -0.889. The highest BCUT2D eigenvalue weighted by atomic mass is 16.5. The lowest BCUT2D eigenvalue weighted by Crippen LogP contribution is -2.44. The van der Waals surface area contributed by atoms with Crippen LogP contribution < -0.4 is 0 Å². The zero-order valence-electron chi connectivity index (χ0n) is 15.7. The van der Waals surface area contributed by atoms with Gasteiger partial charge >= 0.3 is 17.9 Å². The number of quaternary nitrogens is 2. The Morgan fingerprint density at radius 3 is 1.75 bits per heavy atom. The second-order valence-corrected chi connectivity index (χ2v) is 7.29. The Hall–Kier alpha value is -1.93. The van der Waals surface area contributed by atoms with Crippen molar-refractivity contribution in [3.63, 3.8) is 0 Å². The number of likely N-dealkylation sites (N-methyl/N-ethyl adjacent to an activating group) is 2. The van der Waals surface area contributed by atoms with Crippen LogP contribution in [-0.2, 0) is 19.1 Å². The molecule has 0 aliphatic heterocycles. The fourth-order valence-electron chi connectivity index (χ4n) is 1.42. The number of carbonyl (C=O) groups excluding carboxylic acids is 1. The molecule has 24 heavy (non-hydrogen) atoms. The number of nitrogens with zero attached hydrogens (tertiary/aromatic N) is 2. The van der Waals surface area contributed by atoms with Crippen LogP contribution >= 0.6 is 0 Å². The fraction of sp³-hybridized carbons (Fsp3) is 0.688. The van der Waals surface area contributed by atoms with Gasteiger partial charge in [-0.1, -0.05) is 6.58 Å². The Balaban J connectivity index is 0. The second-order valence-electron chi connectivity index (χ2n) is 7.29. The molecule has 0 unspecified atom stereocenters. The first-order valence-corrected chi connectivity index (χ1v) is 7.55. The number of rotatable bonds is 9. The average Bonchev–Trinajstić information content (AvgIpc) is 2.33. The van der Waals surface area contributed by atoms with E-state index in [2.05, 4.69) is 6.58 Å². The van der Waals surface area contributed by atoms with E-state index in [0.717, 1.165) is 0 Å². The van der Waals surface area contributed by atoms with Gasteiger partial charge in [0, 0.05) is 5.57 Å². The number of carbonyl (C=O) groups is 3. The van der Waals surface area contributed by atoms with Crippen LogP contribution in [0.4, 0.5) is 0 Å². The van der Waals surface area contributed by atoms with Crippen molar-refractivity contribution < 1.29 is 38.3 Å². The van der Waals surface area contributed by atoms with Crippen LogP contribution in [0.2, 0.25) is 0 Å². The third kappa shape index (κ3) is 18.1. The molecular formula is C16H32N2O6+2. The first-order chi connectivity index (χ1) is 10.7. The lowest BCUT2D eigenvalue weighted by Gasteiger charge is -2.28. The quantitative estimate of drug-likeness (QED) is 0.356. The number of carboxylic acids is 2. The molecule has 0 rings (SSSR count). The van der Waals surface area contributed by atoms with Gasteiger partial charge in [-0.3, -0.25) is 4.79 Å². The topological polar surface area (TPSA) is 101 Å². The molecular weight excluding hydrogens is 316 g/mol. The van der Waals surface area contributed by atoms with Crippen molar-refractivity contribution in [2.24, 2.45) is 0 Å². The van der Waals surface area contributed by atoms with E-state index in [1.807, 2.05) is 35.2 Å². The normalized spacial score (nSPS) is 11.1. The molecule has 0 radical (unpaired) electrons. The third-order valence-electron chi connectivity index (χ3n) is 2.82. The van der Waals surface area contributed by atoms with Crippen molar-refractivity contribution in [2.45, 2.75) is 13.3 Å². The summed E-state index contributed by atoms with van der Waals surface area (Å²) in [6, 6.07) is 0. The van der Waals surface area contributed by atoms with E-state index >= 15 is 0 Å². The molecule has 8 nitrogen and oxygen atoms in total. The molecule has 0 fully saturated rings. The minimum atomic E-state index is -0.815. The summed E-state index contributed by atoms with van der Waals surface area (Å²) in [5, 5.41) is 16.8. The maximum Gasteiger partial charge on any atom is 0.359 e. The first kappa shape index (κ1) is 24.3. The average molecular weight is 348 g/mol. The van der Waals surface area contributed by atoms with Gasteiger partial charge in [0.2, 0.25) is 0 Å². The molecule has 0 aliphatic carbocycles. The third-order valence-corrected chi connectivity index (χ3v) is 2.82. The molecule has 0 heterocycles. The Morgan fingerprint density at radius 1 is 0.958 bits per heavy atom. The van der Waals surface area contributed by atoms with Gasteiger partial charge in [0.1, 0.15) is 13.2 Å². The largest absolute Gasteiger partial charge is 0.481 e. The Morgan fingerprint density at radius 2 is 1.46 bits per heavy atom. The summed E-state index contributed by atoms with van der Waals surface area (Å²) in [5.74, 6) is -1.97. The molecule has 8 heteroatoms. The lowest BCUT2D eigenvalue weighted by atomic mass is 10.3. The predicted octanol–water partition coefficient (Wildman–Crippen LogP) is 0.434. The van der Waals surface area contributed by atoms with Gasteiger partial charge < -0.3 is 23.9 Å². The van der Waals surface area contributed by atoms with Crippen molar-refractivity contribution in [3.05, 3.63) is 12.2 Å². The van der Waals surface area contributed by atoms with E-state index in [1.54, 1.807) is 6.92 Å². The summed E-state index contributed by atoms with van der Waals surface area (Å²) in [7, 11) is 9.32. The molecule has 2 N–H and O–H groups in total. The number of carboxylic acid groups (broad SMARTS) is 2. The predicted molar refractivity (Wildman–Crippen MR) is 90.4 cm³/mol. The standard InChI is InChI=1S/C11H19NO4.C5H11NO2/c1-9(2)11(15)16-8-7-12(3,4)6-5-10(13)14;1-6(2,3)4-5(7)8/h1,5-8H2,2-4H3;4H2,1-3H3/p+2. The summed E-state index contributed by atoms with van der Waals surface area (Å²) in [4.78, 5) is 31.5. The van der Waals surface area contributed by atoms with E-state index in [-0.39, 0.29) is 19.6 Å². The van der Waals surface area contributed by atoms with Gasteiger partial charge in [0.05, 0.1) is 48.2 Å². The summed E-state index contributed by atoms with van der Waals surface area (Å²) >= 11 is 0. The number of hydrogen-bond acceptors (Lipinski definition) is 4. The van der Waals surface area contributed by atoms with Crippen LogP contribution in [0.1, 0.15) is 13.3 Å². The van der Waals surface area contributed by atoms with Crippen LogP contribution in [0.15, 0.2) is 12.2 Å². The van der Waals surface area contributed by atoms with Crippen molar-refractivity contribution in [3.8, 4) is 0 Å². The highest BCUT2D eigenvalue weighted by molar-refractivity contribution is 5.86. The minimum Gasteiger partial charge on any atom is -0.481 e. The van der Waals surface area contributed by atoms with Crippen molar-refractivity contribution >= 4 is 17.9 Å². The molecule has 0 aromatic heterocycles. The SMILES string of the molecule is C=C(C)C(=O)OCC[N+](C)(C)CCC(=O)O.C[N+](C)(C)CC(=O)O. The van der Waals surface area contributed by atoms with Crippen LogP contribution in [-0.4, -0.2) is 98.6 Å². The Kier molecular flexibility index (Phi) is 10.9. The Labute approximate surface area is 144 Å². The highest BCUT2D eigenvalue weighted by Crippen LogP contribution is 2.00. The minimum absolute atomic E-state index is 0.113. The maximum absolute atomic E-state index is 11.1. The summed E-state index contributed by atoms with van der Waals surface area (Å²) < 4.78 is 5.94. The number of hydrogen-bond donors (Lipinski definition) is 2. The van der Waals surface area contributed by atoms with Gasteiger partial charge in [0.25, 0.3) is 0 Å². The van der Waals surface area contributed by atoms with Crippen LogP contribution in [0.25, 0.3) is 0 Å². The van der Waals surface area contributed by atoms with Gasteiger partial charge in [0.15, 0.2) is 6.54 Å². The molecule has 0 aromatic rings. The maximum atomic E-state index is 11.1. The van der Waals surface area contributed by atoms with Crippen molar-refractivity contribution in [1.82, 2.24) is 0 Å². The Bertz CT molecular complexity index is 452. The van der Waals surface area contributed by atoms with Crippen molar-refractivity contribution in [1.29, 1.82) is 0 Å². The van der Waals surface area contributed by atoms with Crippen LogP contribution in [0.3, 0.4) is 0 Å². The zero-order valence-corrected chi connectivity index (χ0v) is 15.7. The van der Waals surface area contributed by atoms with Gasteiger partial charge in [-0.2, -0.15) is 0 Å². The van der Waals surface area contributed by atoms with Crippen molar-refractivity contribution in [2.75, 3.05) is 61.5 Å². The first-order valence-electron chi connectivity index (χ1n) is 7.55. The molecule has 140 valence electrons. The van der Waals surface area contributed by atoms with E-state index in [4.69, 9.17) is 14.9 Å². The molecule has 0 spiro atoms. The summed E-state index contributed by atoms with van der Waals surface area (Å²) in [5.41, 5.74) is 0.371. The van der Waals surface area contributed by atoms with Crippen LogP contribution in [0.5, 0.6) is 0 Å².